The molecule has 0 spiro atoms. The van der Waals surface area contributed by atoms with Crippen molar-refractivity contribution in [2.45, 2.75) is 25.3 Å². The second-order valence-electron chi connectivity index (χ2n) is 2.90. The normalized spacial score (nSPS) is 21.0. The molecule has 1 aromatic rings. The first kappa shape index (κ1) is 6.31. The highest BCUT2D eigenvalue weighted by Crippen LogP contribution is 2.44. The first-order valence-corrected chi connectivity index (χ1v) is 4.24. The first-order valence-electron chi connectivity index (χ1n) is 3.42. The molecule has 2 rings (SSSR count). The van der Waals surface area contributed by atoms with Gasteiger partial charge in [-0.3, -0.25) is 0 Å². The van der Waals surface area contributed by atoms with Crippen LogP contribution in [0.25, 0.3) is 0 Å². The summed E-state index contributed by atoms with van der Waals surface area (Å²) in [6.07, 6.45) is 4.18. The Morgan fingerprint density at radius 2 is 2.40 bits per heavy atom. The van der Waals surface area contributed by atoms with Crippen molar-refractivity contribution < 1.29 is 0 Å². The molecule has 0 saturated heterocycles. The third-order valence-corrected chi connectivity index (χ3v) is 3.03. The number of hydrogen-bond acceptors (Lipinski definition) is 3. The molecule has 1 aromatic heterocycles. The van der Waals surface area contributed by atoms with Crippen molar-refractivity contribution in [2.75, 3.05) is 0 Å². The van der Waals surface area contributed by atoms with E-state index >= 15 is 0 Å². The Morgan fingerprint density at radius 3 is 2.80 bits per heavy atom. The van der Waals surface area contributed by atoms with E-state index in [4.69, 9.17) is 5.73 Å². The maximum Gasteiger partial charge on any atom is 0.0897 e. The molecule has 0 radical (unpaired) electrons. The molecule has 54 valence electrons. The van der Waals surface area contributed by atoms with Gasteiger partial charge in [-0.1, -0.05) is 0 Å². The second-order valence-corrected chi connectivity index (χ2v) is 4.13. The Balaban J connectivity index is 2.34. The molecule has 1 heterocycles. The van der Waals surface area contributed by atoms with Gasteiger partial charge in [-0.25, -0.2) is 4.98 Å². The minimum absolute atomic E-state index is 0.0198. The predicted octanol–water partition coefficient (Wildman–Crippen LogP) is 1.40. The molecule has 10 heavy (non-hydrogen) atoms. The summed E-state index contributed by atoms with van der Waals surface area (Å²) in [7, 11) is 0. The van der Waals surface area contributed by atoms with Gasteiger partial charge in [0.15, 0.2) is 0 Å². The van der Waals surface area contributed by atoms with Gasteiger partial charge in [-0.05, 0) is 19.8 Å². The van der Waals surface area contributed by atoms with Crippen LogP contribution in [0.5, 0.6) is 0 Å². The van der Waals surface area contributed by atoms with Crippen LogP contribution in [0.4, 0.5) is 0 Å². The summed E-state index contributed by atoms with van der Waals surface area (Å²) in [5.74, 6) is 0. The van der Waals surface area contributed by atoms with Crippen LogP contribution in [0, 0.1) is 6.92 Å². The maximum atomic E-state index is 5.95. The molecule has 0 unspecified atom stereocenters. The summed E-state index contributed by atoms with van der Waals surface area (Å²) in [5.41, 5.74) is 5.97. The molecule has 0 aliphatic heterocycles. The molecule has 1 aliphatic rings. The minimum Gasteiger partial charge on any atom is -0.321 e. The lowest BCUT2D eigenvalue weighted by Gasteiger charge is -2.00. The van der Waals surface area contributed by atoms with Crippen LogP contribution in [0.2, 0.25) is 0 Å². The highest BCUT2D eigenvalue weighted by molar-refractivity contribution is 7.11. The number of rotatable bonds is 1. The SMILES string of the molecule is Cc1ncc(C2(N)CC2)s1. The lowest BCUT2D eigenvalue weighted by molar-refractivity contribution is 0.756. The average Bonchev–Trinajstić information content (AvgIpc) is 2.45. The van der Waals surface area contributed by atoms with Gasteiger partial charge in [0.25, 0.3) is 0 Å². The van der Waals surface area contributed by atoms with Crippen LogP contribution in [-0.4, -0.2) is 4.98 Å². The van der Waals surface area contributed by atoms with E-state index < -0.39 is 0 Å². The number of hydrogen-bond donors (Lipinski definition) is 1. The van der Waals surface area contributed by atoms with Crippen LogP contribution >= 0.6 is 11.3 Å². The zero-order chi connectivity index (χ0) is 7.19. The molecule has 1 fully saturated rings. The summed E-state index contributed by atoms with van der Waals surface area (Å²) in [5, 5.41) is 1.12. The summed E-state index contributed by atoms with van der Waals surface area (Å²) in [6.45, 7) is 2.01. The Kier molecular flexibility index (Phi) is 1.13. The first-order chi connectivity index (χ1) is 4.71. The van der Waals surface area contributed by atoms with Crippen LogP contribution in [0.15, 0.2) is 6.20 Å². The van der Waals surface area contributed by atoms with E-state index in [2.05, 4.69) is 4.98 Å². The topological polar surface area (TPSA) is 38.9 Å². The molecule has 3 heteroatoms. The Labute approximate surface area is 64.1 Å². The van der Waals surface area contributed by atoms with Crippen molar-refractivity contribution in [2.24, 2.45) is 5.73 Å². The molecule has 2 nitrogen and oxygen atoms in total. The maximum absolute atomic E-state index is 5.95. The fourth-order valence-electron chi connectivity index (χ4n) is 0.973. The average molecular weight is 154 g/mol. The lowest BCUT2D eigenvalue weighted by atomic mass is 10.3. The number of nitrogens with two attached hydrogens (primary N) is 1. The van der Waals surface area contributed by atoms with E-state index in [1.165, 1.54) is 4.88 Å². The second kappa shape index (κ2) is 1.80. The van der Waals surface area contributed by atoms with E-state index in [1.54, 1.807) is 11.3 Å². The molecular formula is C7H10N2S. The van der Waals surface area contributed by atoms with E-state index in [0.717, 1.165) is 17.8 Å². The number of aryl methyl sites for hydroxylation is 1. The molecule has 0 amide bonds. The Morgan fingerprint density at radius 1 is 1.70 bits per heavy atom. The fourth-order valence-corrected chi connectivity index (χ4v) is 1.91. The van der Waals surface area contributed by atoms with Gasteiger partial charge in [0.2, 0.25) is 0 Å². The molecule has 0 bridgehead atoms. The fraction of sp³-hybridized carbons (Fsp3) is 0.571. The third kappa shape index (κ3) is 0.859. The number of nitrogens with zero attached hydrogens (tertiary/aromatic N) is 1. The molecule has 2 N–H and O–H groups in total. The molecule has 1 saturated carbocycles. The minimum atomic E-state index is 0.0198. The van der Waals surface area contributed by atoms with Crippen molar-refractivity contribution in [1.29, 1.82) is 0 Å². The monoisotopic (exact) mass is 154 g/mol. The van der Waals surface area contributed by atoms with E-state index in [0.29, 0.717) is 0 Å². The number of aromatic nitrogens is 1. The van der Waals surface area contributed by atoms with E-state index in [9.17, 15) is 0 Å². The largest absolute Gasteiger partial charge is 0.321 e. The van der Waals surface area contributed by atoms with Gasteiger partial charge < -0.3 is 5.73 Å². The Hall–Kier alpha value is -0.410. The zero-order valence-electron chi connectivity index (χ0n) is 5.92. The standard InChI is InChI=1S/C7H10N2S/c1-5-9-4-6(10-5)7(8)2-3-7/h4H,2-3,8H2,1H3. The summed E-state index contributed by atoms with van der Waals surface area (Å²) in [4.78, 5) is 5.42. The van der Waals surface area contributed by atoms with Gasteiger partial charge >= 0.3 is 0 Å². The molecule has 1 aliphatic carbocycles. The van der Waals surface area contributed by atoms with E-state index in [-0.39, 0.29) is 5.54 Å². The highest BCUT2D eigenvalue weighted by Gasteiger charge is 2.41. The van der Waals surface area contributed by atoms with Gasteiger partial charge in [0.1, 0.15) is 0 Å². The third-order valence-electron chi connectivity index (χ3n) is 1.90. The predicted molar refractivity (Wildman–Crippen MR) is 42.0 cm³/mol. The number of thiazole rings is 1. The van der Waals surface area contributed by atoms with Gasteiger partial charge in [0, 0.05) is 11.1 Å². The summed E-state index contributed by atoms with van der Waals surface area (Å²) in [6, 6.07) is 0. The van der Waals surface area contributed by atoms with Gasteiger partial charge in [-0.15, -0.1) is 11.3 Å². The molecule has 0 atom stereocenters. The van der Waals surface area contributed by atoms with Crippen LogP contribution in [-0.2, 0) is 5.54 Å². The van der Waals surface area contributed by atoms with E-state index in [1.807, 2.05) is 13.1 Å². The van der Waals surface area contributed by atoms with Gasteiger partial charge in [-0.2, -0.15) is 0 Å². The smallest absolute Gasteiger partial charge is 0.0897 e. The summed E-state index contributed by atoms with van der Waals surface area (Å²) >= 11 is 1.72. The quantitative estimate of drug-likeness (QED) is 0.664. The summed E-state index contributed by atoms with van der Waals surface area (Å²) < 4.78 is 0. The van der Waals surface area contributed by atoms with Crippen LogP contribution < -0.4 is 5.73 Å². The Bertz CT molecular complexity index is 250. The molecule has 0 aromatic carbocycles. The van der Waals surface area contributed by atoms with Crippen LogP contribution in [0.1, 0.15) is 22.7 Å². The van der Waals surface area contributed by atoms with Gasteiger partial charge in [0.05, 0.1) is 10.5 Å². The highest BCUT2D eigenvalue weighted by atomic mass is 32.1. The van der Waals surface area contributed by atoms with Crippen molar-refractivity contribution in [3.8, 4) is 0 Å². The van der Waals surface area contributed by atoms with Crippen molar-refractivity contribution in [1.82, 2.24) is 4.98 Å². The van der Waals surface area contributed by atoms with Crippen molar-refractivity contribution in [3.05, 3.63) is 16.1 Å². The zero-order valence-corrected chi connectivity index (χ0v) is 6.74. The lowest BCUT2D eigenvalue weighted by Crippen LogP contribution is -2.16. The van der Waals surface area contributed by atoms with Crippen molar-refractivity contribution >= 4 is 11.3 Å². The molecular weight excluding hydrogens is 144 g/mol. The van der Waals surface area contributed by atoms with Crippen molar-refractivity contribution in [3.63, 3.8) is 0 Å². The van der Waals surface area contributed by atoms with Crippen LogP contribution in [0.3, 0.4) is 0 Å².